The fourth-order valence-electron chi connectivity index (χ4n) is 3.45. The molecule has 2 aliphatic rings. The van der Waals surface area contributed by atoms with Crippen molar-refractivity contribution in [1.82, 2.24) is 9.80 Å². The molecular formula is C18H16N2O6S. The van der Waals surface area contributed by atoms with Crippen molar-refractivity contribution < 1.29 is 23.5 Å². The van der Waals surface area contributed by atoms with Crippen LogP contribution in [0.1, 0.15) is 16.8 Å². The molecule has 2 aromatic rings. The molecule has 0 radical (unpaired) electrons. The van der Waals surface area contributed by atoms with Crippen molar-refractivity contribution >= 4 is 39.8 Å². The van der Waals surface area contributed by atoms with E-state index in [1.165, 1.54) is 23.0 Å². The predicted octanol–water partition coefficient (Wildman–Crippen LogP) is 1.71. The molecule has 140 valence electrons. The van der Waals surface area contributed by atoms with Crippen molar-refractivity contribution in [2.24, 2.45) is 0 Å². The molecular weight excluding hydrogens is 372 g/mol. The molecule has 1 atom stereocenters. The zero-order valence-electron chi connectivity index (χ0n) is 14.5. The zero-order chi connectivity index (χ0) is 19.1. The fourth-order valence-corrected chi connectivity index (χ4v) is 4.23. The number of carbonyl (C=O) groups is 3. The molecule has 9 heteroatoms. The molecule has 2 fully saturated rings. The number of hydrogen-bond donors (Lipinski definition) is 0. The average molecular weight is 388 g/mol. The third kappa shape index (κ3) is 2.97. The second kappa shape index (κ2) is 6.73. The Bertz CT molecular complexity index is 1000. The van der Waals surface area contributed by atoms with E-state index in [9.17, 15) is 19.2 Å². The van der Waals surface area contributed by atoms with Gasteiger partial charge in [0.05, 0.1) is 18.9 Å². The number of rotatable bonds is 3. The van der Waals surface area contributed by atoms with Gasteiger partial charge in [-0.25, -0.2) is 4.79 Å². The molecule has 0 saturated carbocycles. The smallest absolute Gasteiger partial charge is 0.349 e. The van der Waals surface area contributed by atoms with Crippen molar-refractivity contribution in [2.45, 2.75) is 12.5 Å². The van der Waals surface area contributed by atoms with E-state index in [4.69, 9.17) is 9.15 Å². The Balaban J connectivity index is 1.60. The lowest BCUT2D eigenvalue weighted by Crippen LogP contribution is -2.42. The average Bonchev–Trinajstić information content (AvgIpc) is 3.26. The Morgan fingerprint density at radius 3 is 2.81 bits per heavy atom. The summed E-state index contributed by atoms with van der Waals surface area (Å²) in [5, 5.41) is 0.297. The van der Waals surface area contributed by atoms with E-state index in [1.54, 1.807) is 18.2 Å². The Hall–Kier alpha value is -2.81. The van der Waals surface area contributed by atoms with Crippen LogP contribution < -0.4 is 10.4 Å². The van der Waals surface area contributed by atoms with E-state index >= 15 is 0 Å². The first-order chi connectivity index (χ1) is 13.0. The second-order valence-electron chi connectivity index (χ2n) is 6.34. The molecule has 3 amide bonds. The van der Waals surface area contributed by atoms with E-state index in [-0.39, 0.29) is 40.6 Å². The number of imide groups is 1. The minimum Gasteiger partial charge on any atom is -0.493 e. The molecule has 27 heavy (non-hydrogen) atoms. The normalized spacial score (nSPS) is 20.0. The Kier molecular flexibility index (Phi) is 4.39. The second-order valence-corrected chi connectivity index (χ2v) is 7.26. The van der Waals surface area contributed by atoms with Crippen LogP contribution in [-0.4, -0.2) is 58.8 Å². The highest BCUT2D eigenvalue weighted by atomic mass is 32.2. The van der Waals surface area contributed by atoms with Crippen molar-refractivity contribution in [3.05, 3.63) is 40.2 Å². The van der Waals surface area contributed by atoms with Crippen LogP contribution in [0, 0.1) is 0 Å². The summed E-state index contributed by atoms with van der Waals surface area (Å²) in [6.45, 7) is 0.577. The van der Waals surface area contributed by atoms with E-state index in [0.717, 1.165) is 11.8 Å². The number of hydrogen-bond acceptors (Lipinski definition) is 7. The first kappa shape index (κ1) is 17.6. The number of fused-ring (bicyclic) bond motifs is 1. The first-order valence-corrected chi connectivity index (χ1v) is 9.37. The third-order valence-corrected chi connectivity index (χ3v) is 5.61. The molecule has 8 nitrogen and oxygen atoms in total. The van der Waals surface area contributed by atoms with Gasteiger partial charge in [-0.05, 0) is 18.6 Å². The lowest BCUT2D eigenvalue weighted by molar-refractivity contribution is -0.126. The zero-order valence-corrected chi connectivity index (χ0v) is 15.3. The molecule has 2 aliphatic heterocycles. The van der Waals surface area contributed by atoms with Gasteiger partial charge in [-0.3, -0.25) is 19.3 Å². The largest absolute Gasteiger partial charge is 0.493 e. The van der Waals surface area contributed by atoms with Gasteiger partial charge in [0.1, 0.15) is 5.56 Å². The highest BCUT2D eigenvalue weighted by molar-refractivity contribution is 8.14. The van der Waals surface area contributed by atoms with Gasteiger partial charge < -0.3 is 14.1 Å². The van der Waals surface area contributed by atoms with Crippen molar-refractivity contribution in [3.63, 3.8) is 0 Å². The molecule has 0 N–H and O–H groups in total. The molecule has 2 saturated heterocycles. The molecule has 0 bridgehead atoms. The van der Waals surface area contributed by atoms with Crippen LogP contribution >= 0.6 is 11.8 Å². The van der Waals surface area contributed by atoms with Crippen LogP contribution in [0.15, 0.2) is 33.5 Å². The summed E-state index contributed by atoms with van der Waals surface area (Å²) in [5.41, 5.74) is -0.541. The number of thioether (sulfide) groups is 1. The minimum absolute atomic E-state index is 0.0788. The Morgan fingerprint density at radius 1 is 1.30 bits per heavy atom. The SMILES string of the molecule is COc1cccc2cc(C(=O)N3CCC(N4C(=O)CSC4=O)C3)c(=O)oc12. The van der Waals surface area contributed by atoms with Crippen LogP contribution in [0.3, 0.4) is 0 Å². The Morgan fingerprint density at radius 2 is 2.11 bits per heavy atom. The summed E-state index contributed by atoms with van der Waals surface area (Å²) in [5.74, 6) is -0.156. The van der Waals surface area contributed by atoms with Gasteiger partial charge >= 0.3 is 5.63 Å². The van der Waals surface area contributed by atoms with Gasteiger partial charge in [-0.15, -0.1) is 0 Å². The van der Waals surface area contributed by atoms with Gasteiger partial charge in [-0.1, -0.05) is 23.9 Å². The highest BCUT2D eigenvalue weighted by Crippen LogP contribution is 2.28. The molecule has 1 aromatic carbocycles. The minimum atomic E-state index is -0.746. The van der Waals surface area contributed by atoms with Gasteiger partial charge in [-0.2, -0.15) is 0 Å². The summed E-state index contributed by atoms with van der Waals surface area (Å²) in [4.78, 5) is 51.6. The van der Waals surface area contributed by atoms with Gasteiger partial charge in [0.25, 0.3) is 11.1 Å². The van der Waals surface area contributed by atoms with Crippen LogP contribution in [-0.2, 0) is 4.79 Å². The summed E-state index contributed by atoms with van der Waals surface area (Å²) in [6.07, 6.45) is 0.497. The molecule has 0 aliphatic carbocycles. The van der Waals surface area contributed by atoms with E-state index in [1.807, 2.05) is 0 Å². The van der Waals surface area contributed by atoms with Crippen molar-refractivity contribution in [3.8, 4) is 5.75 Å². The third-order valence-electron chi connectivity index (χ3n) is 4.77. The number of methoxy groups -OCH3 is 1. The number of nitrogens with zero attached hydrogens (tertiary/aromatic N) is 2. The number of para-hydroxylation sites is 1. The lowest BCUT2D eigenvalue weighted by Gasteiger charge is -2.21. The monoisotopic (exact) mass is 388 g/mol. The molecule has 1 unspecified atom stereocenters. The standard InChI is InChI=1S/C18H16N2O6S/c1-25-13-4-2-3-10-7-12(17(23)26-15(10)13)16(22)19-6-5-11(8-19)20-14(21)9-27-18(20)24/h2-4,7,11H,5-6,8-9H2,1H3. The summed E-state index contributed by atoms with van der Waals surface area (Å²) in [6, 6.07) is 6.27. The molecule has 4 rings (SSSR count). The highest BCUT2D eigenvalue weighted by Gasteiger charge is 2.40. The van der Waals surface area contributed by atoms with Crippen LogP contribution in [0.4, 0.5) is 4.79 Å². The van der Waals surface area contributed by atoms with Crippen molar-refractivity contribution in [1.29, 1.82) is 0 Å². The van der Waals surface area contributed by atoms with E-state index < -0.39 is 11.5 Å². The quantitative estimate of drug-likeness (QED) is 0.739. The number of carbonyl (C=O) groups excluding carboxylic acids is 3. The molecule has 3 heterocycles. The van der Waals surface area contributed by atoms with Crippen molar-refractivity contribution in [2.75, 3.05) is 26.0 Å². The number of benzene rings is 1. The maximum atomic E-state index is 12.8. The van der Waals surface area contributed by atoms with Crippen LogP contribution in [0.2, 0.25) is 0 Å². The number of likely N-dealkylation sites (tertiary alicyclic amines) is 1. The maximum Gasteiger partial charge on any atom is 0.349 e. The Labute approximate surface area is 158 Å². The first-order valence-electron chi connectivity index (χ1n) is 8.38. The number of amides is 3. The topological polar surface area (TPSA) is 97.1 Å². The molecule has 1 aromatic heterocycles. The van der Waals surface area contributed by atoms with E-state index in [0.29, 0.717) is 24.1 Å². The fraction of sp³-hybridized carbons (Fsp3) is 0.333. The van der Waals surface area contributed by atoms with Gasteiger partial charge in [0, 0.05) is 18.5 Å². The molecule has 0 spiro atoms. The maximum absolute atomic E-state index is 12.8. The van der Waals surface area contributed by atoms with Gasteiger partial charge in [0.2, 0.25) is 5.91 Å². The summed E-state index contributed by atoms with van der Waals surface area (Å²) in [7, 11) is 1.47. The number of ether oxygens (including phenoxy) is 1. The van der Waals surface area contributed by atoms with Crippen LogP contribution in [0.25, 0.3) is 11.0 Å². The summed E-state index contributed by atoms with van der Waals surface area (Å²) >= 11 is 0.971. The van der Waals surface area contributed by atoms with Crippen LogP contribution in [0.5, 0.6) is 5.75 Å². The predicted molar refractivity (Wildman–Crippen MR) is 98.0 cm³/mol. The van der Waals surface area contributed by atoms with Gasteiger partial charge in [0.15, 0.2) is 11.3 Å². The lowest BCUT2D eigenvalue weighted by atomic mass is 10.1. The van der Waals surface area contributed by atoms with E-state index in [2.05, 4.69) is 0 Å². The summed E-state index contributed by atoms with van der Waals surface area (Å²) < 4.78 is 10.5.